The predicted molar refractivity (Wildman–Crippen MR) is 165 cm³/mol. The van der Waals surface area contributed by atoms with Crippen molar-refractivity contribution >= 4 is 52.3 Å². The molecule has 0 saturated carbocycles. The van der Waals surface area contributed by atoms with E-state index in [0.29, 0.717) is 12.2 Å². The number of carbonyl (C=O) groups excluding carboxylic acids is 4. The Hall–Kier alpha value is -4.36. The summed E-state index contributed by atoms with van der Waals surface area (Å²) in [5.74, 6) is -3.65. The number of carboxylic acid groups (broad SMARTS) is 1. The summed E-state index contributed by atoms with van der Waals surface area (Å²) in [6.45, 7) is 0. The van der Waals surface area contributed by atoms with Gasteiger partial charge in [-0.1, -0.05) is 48.5 Å². The molecule has 8 N–H and O–H groups in total. The number of carboxylic acids is 1. The zero-order chi connectivity index (χ0) is 31.4. The van der Waals surface area contributed by atoms with Crippen LogP contribution >= 0.6 is 11.8 Å². The molecule has 3 rings (SSSR count). The van der Waals surface area contributed by atoms with Gasteiger partial charge in [-0.25, -0.2) is 0 Å². The highest BCUT2D eigenvalue weighted by molar-refractivity contribution is 7.98. The number of nitrogens with two attached hydrogens (primary N) is 1. The number of rotatable bonds is 17. The Balaban J connectivity index is 1.72. The van der Waals surface area contributed by atoms with Crippen molar-refractivity contribution in [3.05, 3.63) is 71.9 Å². The third-order valence-corrected chi connectivity index (χ3v) is 7.61. The van der Waals surface area contributed by atoms with Gasteiger partial charge in [0.15, 0.2) is 0 Å². The van der Waals surface area contributed by atoms with Gasteiger partial charge in [0.25, 0.3) is 0 Å². The first-order valence-electron chi connectivity index (χ1n) is 13.8. The molecule has 0 spiro atoms. The summed E-state index contributed by atoms with van der Waals surface area (Å²) in [4.78, 5) is 66.7. The molecule has 0 aliphatic carbocycles. The van der Waals surface area contributed by atoms with E-state index in [0.717, 1.165) is 22.0 Å². The molecule has 12 nitrogen and oxygen atoms in total. The van der Waals surface area contributed by atoms with Crippen LogP contribution < -0.4 is 27.0 Å². The number of thioether (sulfide) groups is 1. The summed E-state index contributed by atoms with van der Waals surface area (Å²) >= 11 is 1.47. The number of para-hydroxylation sites is 1. The molecule has 4 amide bonds. The van der Waals surface area contributed by atoms with Crippen LogP contribution in [0.25, 0.3) is 10.9 Å². The second-order valence-electron chi connectivity index (χ2n) is 10.1. The summed E-state index contributed by atoms with van der Waals surface area (Å²) in [5, 5.41) is 21.1. The quantitative estimate of drug-likeness (QED) is 0.116. The number of aromatic nitrogens is 1. The standard InChI is InChI=1S/C30H38N6O6S/c1-32-24(15-19-17-33-21-11-7-6-10-20(19)21)29(41)34-22(12-13-43-2)28(40)36-25(16-26(37)38)30(42)35-23(27(31)39)14-18-8-4-3-5-9-18/h3-11,17,22-25,32-33H,12-16H2,1-2H3,(H2,31,39)(H,34,41)(H,35,42)(H,36,40)(H,37,38)/t22-,23-,24-,25-/m1/s1. The highest BCUT2D eigenvalue weighted by Crippen LogP contribution is 2.19. The number of amides is 4. The monoisotopic (exact) mass is 610 g/mol. The average Bonchev–Trinajstić information content (AvgIpc) is 3.40. The van der Waals surface area contributed by atoms with E-state index in [9.17, 15) is 29.1 Å². The molecule has 0 bridgehead atoms. The molecule has 0 saturated heterocycles. The van der Waals surface area contributed by atoms with Gasteiger partial charge in [-0.05, 0) is 49.1 Å². The van der Waals surface area contributed by atoms with Crippen LogP contribution in [-0.4, -0.2) is 82.9 Å². The molecule has 1 aromatic heterocycles. The maximum absolute atomic E-state index is 13.4. The number of H-pyrrole nitrogens is 1. The number of aromatic amines is 1. The number of benzene rings is 2. The van der Waals surface area contributed by atoms with E-state index < -0.39 is 60.2 Å². The SMILES string of the molecule is CN[C@H](Cc1c[nH]c2ccccc12)C(=O)N[C@H](CCSC)C(=O)N[C@H](CC(=O)O)C(=O)N[C@H](Cc1ccccc1)C(N)=O. The Morgan fingerprint density at radius 2 is 1.44 bits per heavy atom. The Morgan fingerprint density at radius 1 is 0.837 bits per heavy atom. The zero-order valence-electron chi connectivity index (χ0n) is 24.1. The van der Waals surface area contributed by atoms with Crippen molar-refractivity contribution in [1.29, 1.82) is 0 Å². The Labute approximate surface area is 253 Å². The van der Waals surface area contributed by atoms with Crippen LogP contribution in [0, 0.1) is 0 Å². The minimum absolute atomic E-state index is 0.0872. The normalized spacial score (nSPS) is 13.8. The maximum Gasteiger partial charge on any atom is 0.305 e. The summed E-state index contributed by atoms with van der Waals surface area (Å²) in [6.07, 6.45) is 3.62. The molecule has 4 atom stereocenters. The smallest absolute Gasteiger partial charge is 0.305 e. The molecule has 0 aliphatic rings. The summed E-state index contributed by atoms with van der Waals surface area (Å²) < 4.78 is 0. The van der Waals surface area contributed by atoms with Crippen LogP contribution in [-0.2, 0) is 36.8 Å². The largest absolute Gasteiger partial charge is 0.481 e. The molecule has 2 aromatic carbocycles. The van der Waals surface area contributed by atoms with E-state index in [1.165, 1.54) is 11.8 Å². The number of aliphatic carboxylic acids is 1. The van der Waals surface area contributed by atoms with Gasteiger partial charge in [-0.15, -0.1) is 0 Å². The molecular weight excluding hydrogens is 572 g/mol. The van der Waals surface area contributed by atoms with Gasteiger partial charge in [-0.2, -0.15) is 11.8 Å². The molecule has 0 unspecified atom stereocenters. The van der Waals surface area contributed by atoms with E-state index in [-0.39, 0.29) is 12.8 Å². The van der Waals surface area contributed by atoms with Crippen molar-refractivity contribution in [3.8, 4) is 0 Å². The number of likely N-dealkylation sites (N-methyl/N-ethyl adjacent to an activating group) is 1. The van der Waals surface area contributed by atoms with Crippen molar-refractivity contribution in [3.63, 3.8) is 0 Å². The number of fused-ring (bicyclic) bond motifs is 1. The van der Waals surface area contributed by atoms with Crippen molar-refractivity contribution in [2.24, 2.45) is 5.73 Å². The van der Waals surface area contributed by atoms with E-state index in [1.807, 2.05) is 36.7 Å². The van der Waals surface area contributed by atoms with Gasteiger partial charge < -0.3 is 37.1 Å². The lowest BCUT2D eigenvalue weighted by atomic mass is 10.0. The van der Waals surface area contributed by atoms with Gasteiger partial charge in [0, 0.05) is 23.5 Å². The first kappa shape index (κ1) is 33.1. The topological polar surface area (TPSA) is 196 Å². The third-order valence-electron chi connectivity index (χ3n) is 6.96. The molecule has 0 radical (unpaired) electrons. The van der Waals surface area contributed by atoms with Crippen LogP contribution in [0.5, 0.6) is 0 Å². The predicted octanol–water partition coefficient (Wildman–Crippen LogP) is 0.709. The van der Waals surface area contributed by atoms with Crippen LogP contribution in [0.2, 0.25) is 0 Å². The molecule has 230 valence electrons. The van der Waals surface area contributed by atoms with Gasteiger partial charge in [0.05, 0.1) is 12.5 Å². The fraction of sp³-hybridized carbons (Fsp3) is 0.367. The van der Waals surface area contributed by atoms with Crippen molar-refractivity contribution < 1.29 is 29.1 Å². The van der Waals surface area contributed by atoms with Crippen molar-refractivity contribution in [1.82, 2.24) is 26.3 Å². The Bertz CT molecular complexity index is 1410. The number of hydrogen-bond acceptors (Lipinski definition) is 7. The highest BCUT2D eigenvalue weighted by atomic mass is 32.2. The van der Waals surface area contributed by atoms with Crippen molar-refractivity contribution in [2.75, 3.05) is 19.1 Å². The Kier molecular flexibility index (Phi) is 12.6. The minimum Gasteiger partial charge on any atom is -0.481 e. The van der Waals surface area contributed by atoms with Crippen LogP contribution in [0.1, 0.15) is 24.0 Å². The molecular formula is C30H38N6O6S. The second-order valence-corrected chi connectivity index (χ2v) is 11.0. The second kappa shape index (κ2) is 16.3. The van der Waals surface area contributed by atoms with Crippen molar-refractivity contribution in [2.45, 2.75) is 49.9 Å². The maximum atomic E-state index is 13.4. The van der Waals surface area contributed by atoms with Gasteiger partial charge in [0.2, 0.25) is 23.6 Å². The van der Waals surface area contributed by atoms with Gasteiger partial charge in [-0.3, -0.25) is 24.0 Å². The first-order valence-corrected chi connectivity index (χ1v) is 15.2. The first-order chi connectivity index (χ1) is 20.6. The molecule has 43 heavy (non-hydrogen) atoms. The van der Waals surface area contributed by atoms with Gasteiger partial charge in [0.1, 0.15) is 18.1 Å². The molecule has 0 aliphatic heterocycles. The Morgan fingerprint density at radius 3 is 2.09 bits per heavy atom. The number of carbonyl (C=O) groups is 5. The third kappa shape index (κ3) is 9.86. The lowest BCUT2D eigenvalue weighted by Crippen LogP contribution is -2.58. The molecule has 3 aromatic rings. The van der Waals surface area contributed by atoms with Gasteiger partial charge >= 0.3 is 5.97 Å². The van der Waals surface area contributed by atoms with Crippen LogP contribution in [0.3, 0.4) is 0 Å². The fourth-order valence-corrected chi connectivity index (χ4v) is 5.10. The average molecular weight is 611 g/mol. The number of primary amides is 1. The van der Waals surface area contributed by atoms with Crippen LogP contribution in [0.15, 0.2) is 60.8 Å². The minimum atomic E-state index is -1.51. The van der Waals surface area contributed by atoms with E-state index in [4.69, 9.17) is 5.73 Å². The van der Waals surface area contributed by atoms with E-state index >= 15 is 0 Å². The molecule has 1 heterocycles. The highest BCUT2D eigenvalue weighted by Gasteiger charge is 2.31. The summed E-state index contributed by atoms with van der Waals surface area (Å²) in [7, 11) is 1.65. The zero-order valence-corrected chi connectivity index (χ0v) is 24.9. The summed E-state index contributed by atoms with van der Waals surface area (Å²) in [5.41, 5.74) is 8.10. The fourth-order valence-electron chi connectivity index (χ4n) is 4.62. The lowest BCUT2D eigenvalue weighted by molar-refractivity contribution is -0.141. The lowest BCUT2D eigenvalue weighted by Gasteiger charge is -2.25. The van der Waals surface area contributed by atoms with Crippen LogP contribution in [0.4, 0.5) is 0 Å². The number of hydrogen-bond donors (Lipinski definition) is 7. The number of nitrogens with one attached hydrogen (secondary N) is 5. The summed E-state index contributed by atoms with van der Waals surface area (Å²) in [6, 6.07) is 12.2. The van der Waals surface area contributed by atoms with E-state index in [2.05, 4.69) is 26.3 Å². The molecule has 0 fully saturated rings. The molecule has 13 heteroatoms. The van der Waals surface area contributed by atoms with E-state index in [1.54, 1.807) is 37.4 Å².